The number of amides is 1. The summed E-state index contributed by atoms with van der Waals surface area (Å²) in [5.74, 6) is -1.35. The number of ether oxygens (including phenoxy) is 1. The molecule has 0 aliphatic rings. The summed E-state index contributed by atoms with van der Waals surface area (Å²) in [6, 6.07) is 13.6. The highest BCUT2D eigenvalue weighted by Crippen LogP contribution is 2.16. The molecule has 3 aromatic rings. The molecule has 0 spiro atoms. The topological polar surface area (TPSA) is 68.5 Å². The van der Waals surface area contributed by atoms with Gasteiger partial charge in [0, 0.05) is 22.3 Å². The van der Waals surface area contributed by atoms with Gasteiger partial charge in [0.15, 0.2) is 5.76 Å². The van der Waals surface area contributed by atoms with Crippen LogP contribution < -0.4 is 15.5 Å². The molecule has 1 N–H and O–H groups in total. The van der Waals surface area contributed by atoms with Crippen molar-refractivity contribution in [1.82, 2.24) is 0 Å². The lowest BCUT2D eigenvalue weighted by Crippen LogP contribution is -2.15. The molecule has 0 saturated carbocycles. The van der Waals surface area contributed by atoms with Gasteiger partial charge in [-0.25, -0.2) is 4.39 Å². The molecule has 26 heavy (non-hydrogen) atoms. The molecule has 0 saturated heterocycles. The summed E-state index contributed by atoms with van der Waals surface area (Å²) in [6.45, 7) is -0.133. The van der Waals surface area contributed by atoms with Crippen molar-refractivity contribution < 1.29 is 18.3 Å². The highest BCUT2D eigenvalue weighted by molar-refractivity contribution is 6.30. The number of nitrogens with one attached hydrogen (secondary N) is 1. The second-order valence-electron chi connectivity index (χ2n) is 5.32. The molecular formula is C19H13ClFNO4. The molecule has 3 rings (SSSR count). The van der Waals surface area contributed by atoms with Gasteiger partial charge < -0.3 is 14.5 Å². The van der Waals surface area contributed by atoms with E-state index in [1.54, 1.807) is 42.5 Å². The van der Waals surface area contributed by atoms with E-state index in [2.05, 4.69) is 5.32 Å². The molecule has 0 radical (unpaired) electrons. The Morgan fingerprint density at radius 1 is 1.15 bits per heavy atom. The summed E-state index contributed by atoms with van der Waals surface area (Å²) in [4.78, 5) is 24.2. The van der Waals surface area contributed by atoms with E-state index < -0.39 is 17.2 Å². The lowest BCUT2D eigenvalue weighted by atomic mass is 10.2. The molecule has 1 heterocycles. The second-order valence-corrected chi connectivity index (χ2v) is 5.75. The van der Waals surface area contributed by atoms with Crippen molar-refractivity contribution >= 4 is 23.2 Å². The average molecular weight is 374 g/mol. The Morgan fingerprint density at radius 3 is 2.69 bits per heavy atom. The lowest BCUT2D eigenvalue weighted by Gasteiger charge is -2.07. The summed E-state index contributed by atoms with van der Waals surface area (Å²) in [6.07, 6.45) is 1.02. The number of benzene rings is 2. The van der Waals surface area contributed by atoms with Gasteiger partial charge in [0.2, 0.25) is 11.2 Å². The first-order valence-corrected chi connectivity index (χ1v) is 7.97. The van der Waals surface area contributed by atoms with Crippen LogP contribution in [0.5, 0.6) is 5.75 Å². The molecule has 7 heteroatoms. The summed E-state index contributed by atoms with van der Waals surface area (Å²) < 4.78 is 24.0. The van der Waals surface area contributed by atoms with E-state index in [0.717, 1.165) is 12.3 Å². The Bertz CT molecular complexity index is 1000. The maximum Gasteiger partial charge on any atom is 0.291 e. The summed E-state index contributed by atoms with van der Waals surface area (Å²) in [7, 11) is 0. The smallest absolute Gasteiger partial charge is 0.291 e. The molecule has 5 nitrogen and oxygen atoms in total. The highest BCUT2D eigenvalue weighted by Gasteiger charge is 2.13. The van der Waals surface area contributed by atoms with Crippen molar-refractivity contribution in [1.29, 1.82) is 0 Å². The van der Waals surface area contributed by atoms with Crippen LogP contribution in [0.2, 0.25) is 5.02 Å². The fourth-order valence-corrected chi connectivity index (χ4v) is 2.34. The summed E-state index contributed by atoms with van der Waals surface area (Å²) in [5.41, 5.74) is 0.212. The van der Waals surface area contributed by atoms with Crippen LogP contribution in [0.1, 0.15) is 16.1 Å². The van der Waals surface area contributed by atoms with Crippen molar-refractivity contribution in [3.63, 3.8) is 0 Å². The molecule has 0 aliphatic carbocycles. The van der Waals surface area contributed by atoms with Gasteiger partial charge in [-0.1, -0.05) is 35.9 Å². The first-order valence-electron chi connectivity index (χ1n) is 7.59. The minimum atomic E-state index is -0.606. The highest BCUT2D eigenvalue weighted by atomic mass is 35.5. The Morgan fingerprint density at radius 2 is 1.96 bits per heavy atom. The molecule has 0 aliphatic heterocycles. The molecule has 1 amide bonds. The number of hydrogen-bond donors (Lipinski definition) is 1. The van der Waals surface area contributed by atoms with Crippen LogP contribution in [0, 0.1) is 5.82 Å². The molecule has 0 bridgehead atoms. The van der Waals surface area contributed by atoms with Crippen LogP contribution in [0.3, 0.4) is 0 Å². The van der Waals surface area contributed by atoms with Crippen LogP contribution in [0.25, 0.3) is 0 Å². The Labute approximate surface area is 153 Å². The zero-order valence-electron chi connectivity index (χ0n) is 13.4. The first kappa shape index (κ1) is 17.7. The molecule has 0 fully saturated rings. The zero-order valence-corrected chi connectivity index (χ0v) is 14.1. The molecule has 1 aromatic heterocycles. The third-order valence-corrected chi connectivity index (χ3v) is 3.68. The summed E-state index contributed by atoms with van der Waals surface area (Å²) in [5, 5.41) is 3.02. The monoisotopic (exact) mass is 373 g/mol. The molecule has 0 unspecified atom stereocenters. The van der Waals surface area contributed by atoms with Gasteiger partial charge in [0.1, 0.15) is 18.7 Å². The number of carbonyl (C=O) groups is 1. The van der Waals surface area contributed by atoms with Crippen molar-refractivity contribution in [2.45, 2.75) is 6.61 Å². The van der Waals surface area contributed by atoms with Gasteiger partial charge in [-0.05, 0) is 24.3 Å². The van der Waals surface area contributed by atoms with Crippen molar-refractivity contribution in [2.24, 2.45) is 0 Å². The number of rotatable bonds is 5. The van der Waals surface area contributed by atoms with Crippen LogP contribution in [0.15, 0.2) is 70.1 Å². The number of hydrogen-bond acceptors (Lipinski definition) is 4. The van der Waals surface area contributed by atoms with Crippen LogP contribution in [-0.4, -0.2) is 5.91 Å². The van der Waals surface area contributed by atoms with E-state index in [1.807, 2.05) is 0 Å². The largest absolute Gasteiger partial charge is 0.482 e. The van der Waals surface area contributed by atoms with Crippen molar-refractivity contribution in [2.75, 3.05) is 5.32 Å². The van der Waals surface area contributed by atoms with Gasteiger partial charge >= 0.3 is 0 Å². The van der Waals surface area contributed by atoms with E-state index in [4.69, 9.17) is 20.8 Å². The minimum Gasteiger partial charge on any atom is -0.482 e. The quantitative estimate of drug-likeness (QED) is 0.725. The van der Waals surface area contributed by atoms with Gasteiger partial charge in [-0.15, -0.1) is 0 Å². The predicted molar refractivity (Wildman–Crippen MR) is 95.1 cm³/mol. The van der Waals surface area contributed by atoms with Crippen LogP contribution in [0.4, 0.5) is 10.1 Å². The van der Waals surface area contributed by atoms with E-state index in [0.29, 0.717) is 16.3 Å². The maximum absolute atomic E-state index is 13.6. The standard InChI is InChI=1S/C19H13ClFNO4/c20-13-5-3-6-14(8-13)22-19(24)17-9-16(23)18(11-26-17)25-10-12-4-1-2-7-15(12)21/h1-9,11H,10H2,(H,22,24). The summed E-state index contributed by atoms with van der Waals surface area (Å²) >= 11 is 5.85. The Hall–Kier alpha value is -3.12. The van der Waals surface area contributed by atoms with E-state index >= 15 is 0 Å². The maximum atomic E-state index is 13.6. The SMILES string of the molecule is O=C(Nc1cccc(Cl)c1)c1cc(=O)c(OCc2ccccc2F)co1. The van der Waals surface area contributed by atoms with Crippen molar-refractivity contribution in [3.05, 3.63) is 93.2 Å². The van der Waals surface area contributed by atoms with E-state index in [1.165, 1.54) is 6.07 Å². The van der Waals surface area contributed by atoms with E-state index in [9.17, 15) is 14.0 Å². The van der Waals surface area contributed by atoms with E-state index in [-0.39, 0.29) is 18.1 Å². The third-order valence-electron chi connectivity index (χ3n) is 3.45. The van der Waals surface area contributed by atoms with Gasteiger partial charge in [0.05, 0.1) is 0 Å². The normalized spacial score (nSPS) is 10.4. The Kier molecular flexibility index (Phi) is 5.34. The van der Waals surface area contributed by atoms with Crippen LogP contribution in [-0.2, 0) is 6.61 Å². The zero-order chi connectivity index (χ0) is 18.5. The lowest BCUT2D eigenvalue weighted by molar-refractivity contribution is 0.0993. The van der Waals surface area contributed by atoms with Crippen molar-refractivity contribution in [3.8, 4) is 5.75 Å². The third kappa shape index (κ3) is 4.29. The minimum absolute atomic E-state index is 0.118. The second kappa shape index (κ2) is 7.84. The molecule has 132 valence electrons. The first-order chi connectivity index (χ1) is 12.5. The Balaban J connectivity index is 1.70. The molecule has 0 atom stereocenters. The fourth-order valence-electron chi connectivity index (χ4n) is 2.15. The average Bonchev–Trinajstić information content (AvgIpc) is 2.62. The van der Waals surface area contributed by atoms with Gasteiger partial charge in [-0.2, -0.15) is 0 Å². The predicted octanol–water partition coefficient (Wildman–Crippen LogP) is 4.26. The molecule has 2 aromatic carbocycles. The fraction of sp³-hybridized carbons (Fsp3) is 0.0526. The number of anilines is 1. The number of halogens is 2. The van der Waals surface area contributed by atoms with Gasteiger partial charge in [0.25, 0.3) is 5.91 Å². The van der Waals surface area contributed by atoms with Crippen LogP contribution >= 0.6 is 11.6 Å². The molecular weight excluding hydrogens is 361 g/mol. The van der Waals surface area contributed by atoms with Gasteiger partial charge in [-0.3, -0.25) is 9.59 Å². The number of carbonyl (C=O) groups excluding carboxylic acids is 1.